The molecule has 0 spiro atoms. The normalized spacial score (nSPS) is 14.8. The highest BCUT2D eigenvalue weighted by molar-refractivity contribution is 5.96. The third-order valence-electron chi connectivity index (χ3n) is 5.37. The molecule has 40 heavy (non-hydrogen) atoms. The van der Waals surface area contributed by atoms with Crippen LogP contribution in [0.1, 0.15) is 89.3 Å². The number of carboxylic acid groups (broad SMARTS) is 1. The number of nitrogens with one attached hydrogen (secondary N) is 1. The van der Waals surface area contributed by atoms with Crippen LogP contribution in [0.15, 0.2) is 53.7 Å². The van der Waals surface area contributed by atoms with Gasteiger partial charge in [0.25, 0.3) is 0 Å². The molecule has 0 aliphatic carbocycles. The zero-order valence-electron chi connectivity index (χ0n) is 26.3. The Hall–Kier alpha value is -3.52. The highest BCUT2D eigenvalue weighted by atomic mass is 16.4. The van der Waals surface area contributed by atoms with Crippen molar-refractivity contribution in [2.24, 2.45) is 10.9 Å². The average molecular weight is 557 g/mol. The van der Waals surface area contributed by atoms with Crippen molar-refractivity contribution in [1.29, 1.82) is 0 Å². The van der Waals surface area contributed by atoms with Gasteiger partial charge in [-0.3, -0.25) is 9.59 Å². The molecule has 8 nitrogen and oxygen atoms in total. The summed E-state index contributed by atoms with van der Waals surface area (Å²) in [6.07, 6.45) is 6.67. The Morgan fingerprint density at radius 2 is 1.73 bits per heavy atom. The van der Waals surface area contributed by atoms with Crippen LogP contribution in [-0.4, -0.2) is 57.8 Å². The van der Waals surface area contributed by atoms with Gasteiger partial charge in [0.05, 0.1) is 11.5 Å². The molecular weight excluding hydrogens is 504 g/mol. The molecule has 1 aromatic carbocycles. The minimum Gasteiger partial charge on any atom is -0.507 e. The fourth-order valence-electron chi connectivity index (χ4n) is 3.48. The molecule has 1 fully saturated rings. The maximum Gasteiger partial charge on any atom is 0.307 e. The molecule has 2 aromatic rings. The second-order valence-electron chi connectivity index (χ2n) is 8.86. The van der Waals surface area contributed by atoms with Gasteiger partial charge >= 0.3 is 5.97 Å². The number of pyridine rings is 1. The van der Waals surface area contributed by atoms with E-state index in [0.717, 1.165) is 55.3 Å². The Morgan fingerprint density at radius 3 is 2.25 bits per heavy atom. The number of aliphatic carboxylic acids is 1. The molecule has 0 amide bonds. The molecule has 1 unspecified atom stereocenters. The number of Topliss-reactive ketones (excluding diaryl/α,β-unsaturated/α-hetero) is 1. The van der Waals surface area contributed by atoms with Gasteiger partial charge in [-0.05, 0) is 85.3 Å². The number of phenols is 1. The summed E-state index contributed by atoms with van der Waals surface area (Å²) in [6, 6.07) is 10.8. The molecule has 0 saturated carbocycles. The maximum atomic E-state index is 10.9. The molecule has 2 heterocycles. The van der Waals surface area contributed by atoms with Crippen molar-refractivity contribution in [2.45, 2.75) is 81.6 Å². The first kappa shape index (κ1) is 38.6. The summed E-state index contributed by atoms with van der Waals surface area (Å²) in [5.41, 5.74) is 2.37. The number of aromatic nitrogens is 1. The maximum absolute atomic E-state index is 10.9. The van der Waals surface area contributed by atoms with E-state index < -0.39 is 5.97 Å². The lowest BCUT2D eigenvalue weighted by atomic mass is 10.0. The number of amidine groups is 1. The number of aromatic hydroxyl groups is 1. The minimum atomic E-state index is -0.640. The quantitative estimate of drug-likeness (QED) is 0.203. The van der Waals surface area contributed by atoms with E-state index in [0.29, 0.717) is 5.56 Å². The Kier molecular flexibility index (Phi) is 22.6. The van der Waals surface area contributed by atoms with E-state index in [1.54, 1.807) is 18.3 Å². The van der Waals surface area contributed by atoms with Gasteiger partial charge in [-0.25, -0.2) is 9.98 Å². The van der Waals surface area contributed by atoms with Crippen molar-refractivity contribution < 1.29 is 19.8 Å². The Labute approximate surface area is 242 Å². The van der Waals surface area contributed by atoms with Crippen LogP contribution in [0.4, 0.5) is 5.82 Å². The Morgan fingerprint density at radius 1 is 1.07 bits per heavy atom. The number of hydrogen-bond donors (Lipinski definition) is 3. The number of ketones is 1. The summed E-state index contributed by atoms with van der Waals surface area (Å²) in [5, 5.41) is 21.0. The largest absolute Gasteiger partial charge is 0.507 e. The van der Waals surface area contributed by atoms with E-state index in [4.69, 9.17) is 5.11 Å². The van der Waals surface area contributed by atoms with Crippen LogP contribution in [0, 0.1) is 19.8 Å². The summed E-state index contributed by atoms with van der Waals surface area (Å²) in [6.45, 7) is 18.9. The van der Waals surface area contributed by atoms with Gasteiger partial charge < -0.3 is 20.4 Å². The number of carbonyl (C=O) groups is 2. The van der Waals surface area contributed by atoms with Crippen molar-refractivity contribution in [1.82, 2.24) is 9.88 Å². The second-order valence-corrected chi connectivity index (χ2v) is 8.86. The number of benzene rings is 1. The number of aliphatic imine (C=N–C) groups is 1. The molecule has 8 heteroatoms. The van der Waals surface area contributed by atoms with Crippen molar-refractivity contribution in [3.63, 3.8) is 0 Å². The summed E-state index contributed by atoms with van der Waals surface area (Å²) in [5.74, 6) is 0.840. The van der Waals surface area contributed by atoms with Gasteiger partial charge in [0.2, 0.25) is 0 Å². The van der Waals surface area contributed by atoms with Crippen molar-refractivity contribution in [2.75, 3.05) is 25.5 Å². The first-order valence-electron chi connectivity index (χ1n) is 14.1. The van der Waals surface area contributed by atoms with Crippen LogP contribution in [-0.2, 0) is 4.79 Å². The van der Waals surface area contributed by atoms with Crippen LogP contribution >= 0.6 is 0 Å². The number of aryl methyl sites for hydroxylation is 2. The molecular formula is C32H52N4O4. The van der Waals surface area contributed by atoms with Crippen LogP contribution in [0.3, 0.4) is 0 Å². The average Bonchev–Trinajstić information content (AvgIpc) is 3.16. The van der Waals surface area contributed by atoms with E-state index in [-0.39, 0.29) is 17.5 Å². The van der Waals surface area contributed by atoms with Crippen LogP contribution in [0.2, 0.25) is 0 Å². The van der Waals surface area contributed by atoms with Crippen LogP contribution < -0.4 is 5.32 Å². The van der Waals surface area contributed by atoms with E-state index in [9.17, 15) is 14.7 Å². The number of phenolic OH excluding ortho intramolecular Hbond substituents is 1. The third-order valence-corrected chi connectivity index (χ3v) is 5.37. The molecule has 3 rings (SSSR count). The third kappa shape index (κ3) is 17.9. The van der Waals surface area contributed by atoms with Crippen molar-refractivity contribution in [3.8, 4) is 5.75 Å². The number of hydrogen-bond acceptors (Lipinski definition) is 6. The summed E-state index contributed by atoms with van der Waals surface area (Å²) in [7, 11) is 1.99. The monoisotopic (exact) mass is 556 g/mol. The van der Waals surface area contributed by atoms with Gasteiger partial charge in [0, 0.05) is 18.4 Å². The molecule has 1 aliphatic rings. The zero-order valence-corrected chi connectivity index (χ0v) is 26.3. The van der Waals surface area contributed by atoms with Gasteiger partial charge in [0.15, 0.2) is 5.78 Å². The first-order valence-corrected chi connectivity index (χ1v) is 14.1. The highest BCUT2D eigenvalue weighted by Crippen LogP contribution is 2.18. The van der Waals surface area contributed by atoms with Crippen molar-refractivity contribution in [3.05, 3.63) is 65.5 Å². The predicted molar refractivity (Wildman–Crippen MR) is 169 cm³/mol. The van der Waals surface area contributed by atoms with Crippen LogP contribution in [0.5, 0.6) is 5.75 Å². The summed E-state index contributed by atoms with van der Waals surface area (Å²) in [4.78, 5) is 32.0. The number of likely N-dealkylation sites (tertiary alicyclic amines) is 1. The first-order chi connectivity index (χ1) is 19.0. The number of carbonyl (C=O) groups excluding carboxylic acids is 1. The summed E-state index contributed by atoms with van der Waals surface area (Å²) < 4.78 is 0. The van der Waals surface area contributed by atoms with E-state index in [1.807, 2.05) is 86.7 Å². The smallest absolute Gasteiger partial charge is 0.307 e. The molecule has 1 atom stereocenters. The zero-order chi connectivity index (χ0) is 31.1. The van der Waals surface area contributed by atoms with E-state index in [1.165, 1.54) is 13.0 Å². The number of anilines is 1. The molecule has 1 aromatic heterocycles. The van der Waals surface area contributed by atoms with Gasteiger partial charge in [-0.1, -0.05) is 57.9 Å². The Bertz CT molecular complexity index is 1050. The van der Waals surface area contributed by atoms with Gasteiger partial charge in [0.1, 0.15) is 17.4 Å². The molecule has 0 bridgehead atoms. The highest BCUT2D eigenvalue weighted by Gasteiger charge is 2.21. The second kappa shape index (κ2) is 23.4. The standard InChI is InChI=1S/C11H15N3.C9H10O2.C8H15NO2.2C2H6/c1-4-8-12-10(3)14-11-7-5-6-9(2)13-11;1-6-3-4-9(11)8(5-6)7(2)10;1-9-5-3-2-4-7(6-9)8(10)11;2*1-2/h4-8H,1-3H3,(H,12,13,14);3-5,11H,1-2H3;7H,2-6H2,1H3,(H,10,11);2*1-2H3/b8-4+;;;;. The van der Waals surface area contributed by atoms with Gasteiger partial charge in [-0.15, -0.1) is 0 Å². The number of carboxylic acids is 1. The fraction of sp³-hybridized carbons (Fsp3) is 0.500. The molecule has 3 N–H and O–H groups in total. The Balaban J connectivity index is 0. The molecule has 0 radical (unpaired) electrons. The molecule has 1 saturated heterocycles. The van der Waals surface area contributed by atoms with Crippen LogP contribution in [0.25, 0.3) is 0 Å². The van der Waals surface area contributed by atoms with E-state index >= 15 is 0 Å². The lowest BCUT2D eigenvalue weighted by Gasteiger charge is -2.15. The van der Waals surface area contributed by atoms with Crippen molar-refractivity contribution >= 4 is 23.4 Å². The number of nitrogens with zero attached hydrogens (tertiary/aromatic N) is 3. The number of rotatable bonds is 4. The van der Waals surface area contributed by atoms with E-state index in [2.05, 4.69) is 20.2 Å². The number of allylic oxidation sites excluding steroid dienone is 1. The predicted octanol–water partition coefficient (Wildman–Crippen LogP) is 7.51. The SMILES string of the molecule is C/C=C/N=C(C)Nc1cccc(C)n1.CC.CC.CC(=O)c1cc(C)ccc1O.CN1CCCCC(C(=O)O)C1. The lowest BCUT2D eigenvalue weighted by Crippen LogP contribution is -2.28. The molecule has 1 aliphatic heterocycles. The molecule has 224 valence electrons. The lowest BCUT2D eigenvalue weighted by molar-refractivity contribution is -0.142. The minimum absolute atomic E-state index is 0.0584. The van der Waals surface area contributed by atoms with Gasteiger partial charge in [-0.2, -0.15) is 0 Å². The topological polar surface area (TPSA) is 115 Å². The fourth-order valence-corrected chi connectivity index (χ4v) is 3.48. The summed E-state index contributed by atoms with van der Waals surface area (Å²) >= 11 is 0.